The lowest BCUT2D eigenvalue weighted by Gasteiger charge is -2.32. The zero-order valence-electron chi connectivity index (χ0n) is 14.9. The van der Waals surface area contributed by atoms with Crippen LogP contribution >= 0.6 is 0 Å². The number of hydrogen-bond donors (Lipinski definition) is 0. The molecule has 0 unspecified atom stereocenters. The Hall–Kier alpha value is -1.50. The molecular formula is C23H29B. The highest BCUT2D eigenvalue weighted by molar-refractivity contribution is 6.61. The molecule has 4 rings (SSSR count). The summed E-state index contributed by atoms with van der Waals surface area (Å²) in [6.07, 6.45) is 8.47. The van der Waals surface area contributed by atoms with Gasteiger partial charge in [-0.15, -0.1) is 0 Å². The summed E-state index contributed by atoms with van der Waals surface area (Å²) in [5, 5.41) is 0. The van der Waals surface area contributed by atoms with Gasteiger partial charge in [-0.1, -0.05) is 105 Å². The van der Waals surface area contributed by atoms with Gasteiger partial charge in [0, 0.05) is 0 Å². The monoisotopic (exact) mass is 316 g/mol. The summed E-state index contributed by atoms with van der Waals surface area (Å²) in [7, 11) is 0. The van der Waals surface area contributed by atoms with Crippen molar-refractivity contribution in [3.05, 3.63) is 71.8 Å². The topological polar surface area (TPSA) is 0 Å². The lowest BCUT2D eigenvalue weighted by molar-refractivity contribution is 0.659. The van der Waals surface area contributed by atoms with E-state index in [9.17, 15) is 0 Å². The van der Waals surface area contributed by atoms with Crippen molar-refractivity contribution in [1.29, 1.82) is 0 Å². The van der Waals surface area contributed by atoms with Gasteiger partial charge in [-0.2, -0.15) is 0 Å². The van der Waals surface area contributed by atoms with Crippen LogP contribution < -0.4 is 0 Å². The van der Waals surface area contributed by atoms with Crippen LogP contribution in [-0.4, -0.2) is 6.71 Å². The van der Waals surface area contributed by atoms with E-state index in [2.05, 4.69) is 67.5 Å². The van der Waals surface area contributed by atoms with E-state index in [1.807, 2.05) is 0 Å². The summed E-state index contributed by atoms with van der Waals surface area (Å²) in [5.41, 5.74) is 3.17. The number of hydrogen-bond acceptors (Lipinski definition) is 0. The van der Waals surface area contributed by atoms with Crippen LogP contribution in [0.25, 0.3) is 0 Å². The fourth-order valence-electron chi connectivity index (χ4n) is 5.78. The van der Waals surface area contributed by atoms with Crippen LogP contribution in [0.5, 0.6) is 0 Å². The van der Waals surface area contributed by atoms with Crippen LogP contribution in [0.2, 0.25) is 18.5 Å². The fraction of sp³-hybridized carbons (Fsp3) is 0.478. The molecule has 2 aliphatic rings. The van der Waals surface area contributed by atoms with Crippen molar-refractivity contribution in [2.75, 3.05) is 0 Å². The molecule has 2 aromatic rings. The Bertz CT molecular complexity index is 578. The lowest BCUT2D eigenvalue weighted by Crippen LogP contribution is -2.27. The molecule has 0 aromatic heterocycles. The third-order valence-corrected chi connectivity index (χ3v) is 6.94. The maximum absolute atomic E-state index is 2.57. The van der Waals surface area contributed by atoms with Crippen molar-refractivity contribution in [1.82, 2.24) is 0 Å². The van der Waals surface area contributed by atoms with E-state index in [0.29, 0.717) is 0 Å². The summed E-state index contributed by atoms with van der Waals surface area (Å²) >= 11 is 0. The SMILES string of the molecule is CB([C@H]1CCC[C@@H]1c1ccccc1)[C@@H]1CCC[C@H]1c1ccccc1. The van der Waals surface area contributed by atoms with Crippen molar-refractivity contribution in [2.24, 2.45) is 0 Å². The highest BCUT2D eigenvalue weighted by atomic mass is 14.3. The van der Waals surface area contributed by atoms with E-state index in [1.165, 1.54) is 38.5 Å². The first-order chi connectivity index (χ1) is 11.8. The summed E-state index contributed by atoms with van der Waals surface area (Å²) in [6.45, 7) is 3.41. The van der Waals surface area contributed by atoms with Gasteiger partial charge in [-0.25, -0.2) is 0 Å². The zero-order valence-corrected chi connectivity index (χ0v) is 14.9. The van der Waals surface area contributed by atoms with Crippen molar-refractivity contribution in [3.8, 4) is 0 Å². The minimum Gasteiger partial charge on any atom is -0.0856 e. The van der Waals surface area contributed by atoms with E-state index in [4.69, 9.17) is 0 Å². The zero-order chi connectivity index (χ0) is 16.4. The first kappa shape index (κ1) is 16.0. The molecule has 0 aliphatic heterocycles. The predicted octanol–water partition coefficient (Wildman–Crippen LogP) is 6.79. The molecular weight excluding hydrogens is 287 g/mol. The lowest BCUT2D eigenvalue weighted by atomic mass is 9.31. The smallest absolute Gasteiger partial charge is 0.0856 e. The molecule has 1 heteroatoms. The fourth-order valence-corrected chi connectivity index (χ4v) is 5.78. The molecule has 0 spiro atoms. The van der Waals surface area contributed by atoms with Gasteiger partial charge in [0.25, 0.3) is 0 Å². The van der Waals surface area contributed by atoms with Crippen LogP contribution in [0, 0.1) is 0 Å². The second kappa shape index (κ2) is 7.17. The number of benzene rings is 2. The maximum atomic E-state index is 2.57. The molecule has 0 amide bonds. The molecule has 0 radical (unpaired) electrons. The van der Waals surface area contributed by atoms with Crippen molar-refractivity contribution < 1.29 is 0 Å². The minimum absolute atomic E-state index is 0.790. The van der Waals surface area contributed by atoms with Gasteiger partial charge in [-0.05, 0) is 35.8 Å². The van der Waals surface area contributed by atoms with Crippen LogP contribution in [0.15, 0.2) is 60.7 Å². The molecule has 0 saturated heterocycles. The third-order valence-electron chi connectivity index (χ3n) is 6.94. The van der Waals surface area contributed by atoms with Gasteiger partial charge >= 0.3 is 0 Å². The summed E-state index contributed by atoms with van der Waals surface area (Å²) in [4.78, 5) is 0. The molecule has 2 aromatic carbocycles. The van der Waals surface area contributed by atoms with Crippen LogP contribution in [0.1, 0.15) is 61.5 Å². The quantitative estimate of drug-likeness (QED) is 0.545. The molecule has 2 fully saturated rings. The van der Waals surface area contributed by atoms with Gasteiger partial charge in [0.1, 0.15) is 6.71 Å². The standard InChI is InChI=1S/C23H29B/c1-24(22-16-8-14-20(22)18-10-4-2-5-11-18)23-17-9-15-21(23)19-12-6-3-7-13-19/h2-7,10-13,20-23H,8-9,14-17H2,1H3/t20-,21+,22+,23-. The predicted molar refractivity (Wildman–Crippen MR) is 105 cm³/mol. The highest BCUT2D eigenvalue weighted by Crippen LogP contribution is 2.54. The maximum Gasteiger partial charge on any atom is 0.144 e. The molecule has 24 heavy (non-hydrogen) atoms. The van der Waals surface area contributed by atoms with E-state index in [0.717, 1.165) is 30.2 Å². The number of rotatable bonds is 4. The highest BCUT2D eigenvalue weighted by Gasteiger charge is 2.42. The van der Waals surface area contributed by atoms with Crippen LogP contribution in [0.4, 0.5) is 0 Å². The van der Waals surface area contributed by atoms with E-state index in [1.54, 1.807) is 11.1 Å². The third kappa shape index (κ3) is 3.06. The van der Waals surface area contributed by atoms with Gasteiger partial charge < -0.3 is 0 Å². The van der Waals surface area contributed by atoms with Crippen molar-refractivity contribution in [2.45, 2.75) is 68.8 Å². The molecule has 2 saturated carbocycles. The average molecular weight is 316 g/mol. The molecule has 0 nitrogen and oxygen atoms in total. The van der Waals surface area contributed by atoms with E-state index in [-0.39, 0.29) is 0 Å². The first-order valence-electron chi connectivity index (χ1n) is 9.94. The Balaban J connectivity index is 1.55. The molecule has 124 valence electrons. The van der Waals surface area contributed by atoms with Crippen LogP contribution in [0.3, 0.4) is 0 Å². The average Bonchev–Trinajstić information content (AvgIpc) is 3.32. The molecule has 4 atom stereocenters. The normalized spacial score (nSPS) is 29.7. The minimum atomic E-state index is 0.790. The van der Waals surface area contributed by atoms with Crippen molar-refractivity contribution in [3.63, 3.8) is 0 Å². The summed E-state index contributed by atoms with van der Waals surface area (Å²) in [6, 6.07) is 22.6. The van der Waals surface area contributed by atoms with Gasteiger partial charge in [0.05, 0.1) is 0 Å². The Kier molecular flexibility index (Phi) is 4.78. The Morgan fingerprint density at radius 2 is 1.04 bits per heavy atom. The first-order valence-corrected chi connectivity index (χ1v) is 9.94. The van der Waals surface area contributed by atoms with Gasteiger partial charge in [0.15, 0.2) is 0 Å². The van der Waals surface area contributed by atoms with E-state index < -0.39 is 0 Å². The van der Waals surface area contributed by atoms with Gasteiger partial charge in [0.2, 0.25) is 0 Å². The van der Waals surface area contributed by atoms with Gasteiger partial charge in [-0.3, -0.25) is 0 Å². The van der Waals surface area contributed by atoms with Crippen LogP contribution in [-0.2, 0) is 0 Å². The summed E-state index contributed by atoms with van der Waals surface area (Å²) < 4.78 is 0. The second-order valence-corrected chi connectivity index (χ2v) is 8.08. The second-order valence-electron chi connectivity index (χ2n) is 8.08. The molecule has 0 N–H and O–H groups in total. The Morgan fingerprint density at radius 3 is 1.46 bits per heavy atom. The Labute approximate surface area is 147 Å². The Morgan fingerprint density at radius 1 is 0.625 bits per heavy atom. The molecule has 2 aliphatic carbocycles. The van der Waals surface area contributed by atoms with Crippen molar-refractivity contribution >= 4 is 6.71 Å². The molecule has 0 heterocycles. The largest absolute Gasteiger partial charge is 0.144 e. The van der Waals surface area contributed by atoms with E-state index >= 15 is 0 Å². The molecule has 0 bridgehead atoms. The summed E-state index contributed by atoms with van der Waals surface area (Å²) in [5.74, 6) is 3.33.